The van der Waals surface area contributed by atoms with E-state index in [2.05, 4.69) is 4.98 Å². The third-order valence-corrected chi connectivity index (χ3v) is 2.51. The predicted molar refractivity (Wildman–Crippen MR) is 64.3 cm³/mol. The van der Waals surface area contributed by atoms with Gasteiger partial charge in [0.2, 0.25) is 5.88 Å². The van der Waals surface area contributed by atoms with Crippen molar-refractivity contribution < 1.29 is 9.53 Å². The number of nitrogens with zero attached hydrogens (tertiary/aromatic N) is 2. The molecule has 0 bridgehead atoms. The van der Waals surface area contributed by atoms with Crippen molar-refractivity contribution in [1.29, 1.82) is 0 Å². The van der Waals surface area contributed by atoms with Crippen LogP contribution in [0.4, 0.5) is 0 Å². The first-order valence-corrected chi connectivity index (χ1v) is 5.36. The summed E-state index contributed by atoms with van der Waals surface area (Å²) in [6.45, 7) is 2.13. The van der Waals surface area contributed by atoms with E-state index >= 15 is 0 Å². The Bertz CT molecular complexity index is 532. The van der Waals surface area contributed by atoms with Gasteiger partial charge in [-0.25, -0.2) is 4.98 Å². The van der Waals surface area contributed by atoms with Crippen molar-refractivity contribution in [3.63, 3.8) is 0 Å². The molecule has 0 atom stereocenters. The molecule has 0 saturated heterocycles. The van der Waals surface area contributed by atoms with Gasteiger partial charge in [-0.2, -0.15) is 0 Å². The number of aromatic nitrogens is 2. The second kappa shape index (κ2) is 4.82. The van der Waals surface area contributed by atoms with Crippen LogP contribution in [0.25, 0.3) is 0 Å². The zero-order valence-corrected chi connectivity index (χ0v) is 9.88. The lowest BCUT2D eigenvalue weighted by molar-refractivity contribution is 0.100. The van der Waals surface area contributed by atoms with Gasteiger partial charge in [0.15, 0.2) is 5.78 Å². The monoisotopic (exact) mass is 230 g/mol. The largest absolute Gasteiger partial charge is 0.481 e. The van der Waals surface area contributed by atoms with E-state index in [4.69, 9.17) is 4.74 Å². The van der Waals surface area contributed by atoms with Crippen molar-refractivity contribution in [2.75, 3.05) is 7.11 Å². The maximum atomic E-state index is 11.4. The SMILES string of the molecule is COc1cccc(Cn2cccc2C(C)=O)n1. The summed E-state index contributed by atoms with van der Waals surface area (Å²) in [4.78, 5) is 15.7. The second-order valence-electron chi connectivity index (χ2n) is 3.75. The number of hydrogen-bond donors (Lipinski definition) is 0. The van der Waals surface area contributed by atoms with Crippen LogP contribution in [0.2, 0.25) is 0 Å². The van der Waals surface area contributed by atoms with E-state index in [0.717, 1.165) is 5.69 Å². The topological polar surface area (TPSA) is 44.1 Å². The van der Waals surface area contributed by atoms with Crippen molar-refractivity contribution in [3.8, 4) is 5.88 Å². The molecule has 0 N–H and O–H groups in total. The molecule has 88 valence electrons. The number of ether oxygens (including phenoxy) is 1. The number of rotatable bonds is 4. The van der Waals surface area contributed by atoms with E-state index in [9.17, 15) is 4.79 Å². The summed E-state index contributed by atoms with van der Waals surface area (Å²) in [6, 6.07) is 9.26. The molecule has 0 aromatic carbocycles. The summed E-state index contributed by atoms with van der Waals surface area (Å²) < 4.78 is 6.94. The van der Waals surface area contributed by atoms with Crippen LogP contribution in [0.1, 0.15) is 23.1 Å². The van der Waals surface area contributed by atoms with Crippen molar-refractivity contribution in [2.45, 2.75) is 13.5 Å². The fourth-order valence-corrected chi connectivity index (χ4v) is 1.71. The van der Waals surface area contributed by atoms with E-state index in [1.807, 2.05) is 35.0 Å². The number of hydrogen-bond acceptors (Lipinski definition) is 3. The zero-order chi connectivity index (χ0) is 12.3. The molecule has 0 aliphatic rings. The highest BCUT2D eigenvalue weighted by atomic mass is 16.5. The fraction of sp³-hybridized carbons (Fsp3) is 0.231. The summed E-state index contributed by atoms with van der Waals surface area (Å²) in [6.07, 6.45) is 1.87. The lowest BCUT2D eigenvalue weighted by Crippen LogP contribution is -2.08. The van der Waals surface area contributed by atoms with Gasteiger partial charge in [-0.1, -0.05) is 6.07 Å². The smallest absolute Gasteiger partial charge is 0.213 e. The average Bonchev–Trinajstić information content (AvgIpc) is 2.77. The molecule has 0 aliphatic heterocycles. The molecular formula is C13H14N2O2. The highest BCUT2D eigenvalue weighted by molar-refractivity contribution is 5.92. The first kappa shape index (κ1) is 11.4. The Kier molecular flexibility index (Phi) is 3.23. The van der Waals surface area contributed by atoms with Crippen molar-refractivity contribution >= 4 is 5.78 Å². The Balaban J connectivity index is 2.25. The minimum atomic E-state index is 0.0536. The molecule has 4 nitrogen and oxygen atoms in total. The lowest BCUT2D eigenvalue weighted by atomic mass is 10.3. The van der Waals surface area contributed by atoms with Gasteiger partial charge >= 0.3 is 0 Å². The van der Waals surface area contributed by atoms with Gasteiger partial charge in [0.05, 0.1) is 25.0 Å². The first-order chi connectivity index (χ1) is 8.20. The molecule has 17 heavy (non-hydrogen) atoms. The number of pyridine rings is 1. The van der Waals surface area contributed by atoms with Gasteiger partial charge in [0.25, 0.3) is 0 Å². The van der Waals surface area contributed by atoms with Crippen LogP contribution in [0.5, 0.6) is 5.88 Å². The van der Waals surface area contributed by atoms with Crippen LogP contribution >= 0.6 is 0 Å². The minimum Gasteiger partial charge on any atom is -0.481 e. The molecule has 4 heteroatoms. The van der Waals surface area contributed by atoms with Crippen molar-refractivity contribution in [1.82, 2.24) is 9.55 Å². The number of Topliss-reactive ketones (excluding diaryl/α,β-unsaturated/α-hetero) is 1. The van der Waals surface area contributed by atoms with E-state index < -0.39 is 0 Å². The molecular weight excluding hydrogens is 216 g/mol. The Morgan fingerprint density at radius 3 is 2.88 bits per heavy atom. The van der Waals surface area contributed by atoms with Crippen LogP contribution in [0, 0.1) is 0 Å². The second-order valence-corrected chi connectivity index (χ2v) is 3.75. The summed E-state index contributed by atoms with van der Waals surface area (Å²) in [5.41, 5.74) is 1.55. The Hall–Kier alpha value is -2.10. The molecule has 0 unspecified atom stereocenters. The van der Waals surface area contributed by atoms with E-state index in [1.165, 1.54) is 0 Å². The number of carbonyl (C=O) groups excluding carboxylic acids is 1. The predicted octanol–water partition coefficient (Wildman–Crippen LogP) is 2.14. The average molecular weight is 230 g/mol. The van der Waals surface area contributed by atoms with Crippen LogP contribution in [-0.2, 0) is 6.54 Å². The van der Waals surface area contributed by atoms with Gasteiger partial charge in [-0.05, 0) is 18.2 Å². The highest BCUT2D eigenvalue weighted by Crippen LogP contribution is 2.10. The molecule has 2 aromatic heterocycles. The fourth-order valence-electron chi connectivity index (χ4n) is 1.71. The number of carbonyl (C=O) groups is 1. The van der Waals surface area contributed by atoms with Crippen molar-refractivity contribution in [2.24, 2.45) is 0 Å². The molecule has 0 fully saturated rings. The summed E-state index contributed by atoms with van der Waals surface area (Å²) in [7, 11) is 1.59. The van der Waals surface area contributed by atoms with Gasteiger partial charge in [-0.3, -0.25) is 4.79 Å². The molecule has 0 saturated carbocycles. The Labute approximate surface area is 99.9 Å². The molecule has 0 spiro atoms. The number of methoxy groups -OCH3 is 1. The minimum absolute atomic E-state index is 0.0536. The molecule has 2 heterocycles. The Morgan fingerprint density at radius 2 is 2.18 bits per heavy atom. The van der Waals surface area contributed by atoms with Gasteiger partial charge < -0.3 is 9.30 Å². The van der Waals surface area contributed by atoms with Gasteiger partial charge in [-0.15, -0.1) is 0 Å². The number of ketones is 1. The zero-order valence-electron chi connectivity index (χ0n) is 9.88. The van der Waals surface area contributed by atoms with E-state index in [-0.39, 0.29) is 5.78 Å². The maximum Gasteiger partial charge on any atom is 0.213 e. The Morgan fingerprint density at radius 1 is 1.35 bits per heavy atom. The summed E-state index contributed by atoms with van der Waals surface area (Å²) >= 11 is 0. The standard InChI is InChI=1S/C13H14N2O2/c1-10(16)12-6-4-8-15(12)9-11-5-3-7-13(14-11)17-2/h3-8H,9H2,1-2H3. The molecule has 0 radical (unpaired) electrons. The van der Waals surface area contributed by atoms with Gasteiger partial charge in [0.1, 0.15) is 0 Å². The highest BCUT2D eigenvalue weighted by Gasteiger charge is 2.06. The van der Waals surface area contributed by atoms with E-state index in [1.54, 1.807) is 20.1 Å². The maximum absolute atomic E-state index is 11.4. The molecule has 2 rings (SSSR count). The normalized spacial score (nSPS) is 10.2. The third kappa shape index (κ3) is 2.53. The quantitative estimate of drug-likeness (QED) is 0.756. The lowest BCUT2D eigenvalue weighted by Gasteiger charge is -2.07. The van der Waals surface area contributed by atoms with Crippen LogP contribution in [-0.4, -0.2) is 22.4 Å². The van der Waals surface area contributed by atoms with Crippen LogP contribution < -0.4 is 4.74 Å². The van der Waals surface area contributed by atoms with Crippen LogP contribution in [0.15, 0.2) is 36.5 Å². The molecule has 0 amide bonds. The third-order valence-electron chi connectivity index (χ3n) is 2.51. The molecule has 0 aliphatic carbocycles. The summed E-state index contributed by atoms with van der Waals surface area (Å²) in [5.74, 6) is 0.636. The van der Waals surface area contributed by atoms with Crippen molar-refractivity contribution in [3.05, 3.63) is 47.9 Å². The van der Waals surface area contributed by atoms with Crippen LogP contribution in [0.3, 0.4) is 0 Å². The molecule has 2 aromatic rings. The first-order valence-electron chi connectivity index (χ1n) is 5.36. The summed E-state index contributed by atoms with van der Waals surface area (Å²) in [5, 5.41) is 0. The van der Waals surface area contributed by atoms with Gasteiger partial charge in [0, 0.05) is 19.2 Å². The van der Waals surface area contributed by atoms with E-state index in [0.29, 0.717) is 18.1 Å².